The standard InChI is InChI=1S/C13H25N3O4/c1-9(2)7-16(8-11(18)19)12(20)14-6-10(17)15-13(3,4)5/h9H,6-8H2,1-5H3,(H,14,20)(H,15,17)(H,18,19). The average Bonchev–Trinajstić information content (AvgIpc) is 2.21. The molecule has 0 aromatic rings. The first-order chi connectivity index (χ1) is 9.01. The van der Waals surface area contributed by atoms with Gasteiger partial charge in [-0.25, -0.2) is 4.79 Å². The molecule has 0 aliphatic heterocycles. The fourth-order valence-electron chi connectivity index (χ4n) is 1.55. The summed E-state index contributed by atoms with van der Waals surface area (Å²) < 4.78 is 0. The minimum absolute atomic E-state index is 0.142. The van der Waals surface area contributed by atoms with Crippen molar-refractivity contribution in [3.8, 4) is 0 Å². The van der Waals surface area contributed by atoms with Crippen LogP contribution in [0, 0.1) is 5.92 Å². The lowest BCUT2D eigenvalue weighted by molar-refractivity contribution is -0.137. The summed E-state index contributed by atoms with van der Waals surface area (Å²) in [6, 6.07) is -0.551. The van der Waals surface area contributed by atoms with Crippen LogP contribution in [0.4, 0.5) is 4.79 Å². The van der Waals surface area contributed by atoms with Gasteiger partial charge in [0, 0.05) is 12.1 Å². The Morgan fingerprint density at radius 3 is 2.15 bits per heavy atom. The maximum atomic E-state index is 11.9. The van der Waals surface area contributed by atoms with Crippen LogP contribution in [0.2, 0.25) is 0 Å². The first-order valence-corrected chi connectivity index (χ1v) is 6.57. The molecule has 3 N–H and O–H groups in total. The van der Waals surface area contributed by atoms with Gasteiger partial charge in [0.15, 0.2) is 0 Å². The number of rotatable bonds is 6. The van der Waals surface area contributed by atoms with Crippen LogP contribution < -0.4 is 10.6 Å². The van der Waals surface area contributed by atoms with Gasteiger partial charge in [-0.15, -0.1) is 0 Å². The number of nitrogens with one attached hydrogen (secondary N) is 2. The van der Waals surface area contributed by atoms with Gasteiger partial charge in [0.2, 0.25) is 5.91 Å². The number of carbonyl (C=O) groups is 3. The van der Waals surface area contributed by atoms with Crippen molar-refractivity contribution in [1.82, 2.24) is 15.5 Å². The fourth-order valence-corrected chi connectivity index (χ4v) is 1.55. The summed E-state index contributed by atoms with van der Waals surface area (Å²) in [6.45, 7) is 9.03. The zero-order valence-electron chi connectivity index (χ0n) is 12.8. The van der Waals surface area contributed by atoms with Gasteiger partial charge >= 0.3 is 12.0 Å². The molecule has 0 aliphatic carbocycles. The van der Waals surface area contributed by atoms with E-state index in [9.17, 15) is 14.4 Å². The molecular formula is C13H25N3O4. The SMILES string of the molecule is CC(C)CN(CC(=O)O)C(=O)NCC(=O)NC(C)(C)C. The van der Waals surface area contributed by atoms with E-state index in [1.54, 1.807) is 0 Å². The first kappa shape index (κ1) is 18.2. The summed E-state index contributed by atoms with van der Waals surface area (Å²) >= 11 is 0. The van der Waals surface area contributed by atoms with Crippen LogP contribution in [0.15, 0.2) is 0 Å². The van der Waals surface area contributed by atoms with Crippen LogP contribution in [0.1, 0.15) is 34.6 Å². The van der Waals surface area contributed by atoms with Gasteiger partial charge < -0.3 is 20.6 Å². The fraction of sp³-hybridized carbons (Fsp3) is 0.769. The summed E-state index contributed by atoms with van der Waals surface area (Å²) in [5, 5.41) is 13.9. The van der Waals surface area contributed by atoms with Gasteiger partial charge in [-0.2, -0.15) is 0 Å². The number of carbonyl (C=O) groups excluding carboxylic acids is 2. The van der Waals surface area contributed by atoms with E-state index in [1.807, 2.05) is 34.6 Å². The molecule has 3 amide bonds. The number of aliphatic carboxylic acids is 1. The van der Waals surface area contributed by atoms with Gasteiger partial charge in [0.05, 0.1) is 6.54 Å². The molecule has 0 aromatic carbocycles. The Labute approximate surface area is 119 Å². The highest BCUT2D eigenvalue weighted by Crippen LogP contribution is 2.00. The smallest absolute Gasteiger partial charge is 0.323 e. The zero-order chi connectivity index (χ0) is 15.9. The molecule has 0 heterocycles. The van der Waals surface area contributed by atoms with Crippen molar-refractivity contribution in [2.24, 2.45) is 5.92 Å². The quantitative estimate of drug-likeness (QED) is 0.668. The van der Waals surface area contributed by atoms with Gasteiger partial charge in [0.25, 0.3) is 0 Å². The lowest BCUT2D eigenvalue weighted by atomic mass is 10.1. The lowest BCUT2D eigenvalue weighted by Gasteiger charge is -2.24. The molecule has 0 unspecified atom stereocenters. The third-order valence-electron chi connectivity index (χ3n) is 2.11. The molecule has 0 fully saturated rings. The molecule has 0 saturated carbocycles. The monoisotopic (exact) mass is 287 g/mol. The Hall–Kier alpha value is -1.79. The Bertz CT molecular complexity index is 361. The van der Waals surface area contributed by atoms with Crippen molar-refractivity contribution in [3.05, 3.63) is 0 Å². The van der Waals surface area contributed by atoms with Crippen LogP contribution in [-0.2, 0) is 9.59 Å². The minimum atomic E-state index is -1.08. The second-order valence-electron chi connectivity index (χ2n) is 6.12. The second-order valence-corrected chi connectivity index (χ2v) is 6.12. The van der Waals surface area contributed by atoms with Crippen molar-refractivity contribution in [2.75, 3.05) is 19.6 Å². The molecule has 20 heavy (non-hydrogen) atoms. The van der Waals surface area contributed by atoms with E-state index in [0.29, 0.717) is 6.54 Å². The Morgan fingerprint density at radius 2 is 1.75 bits per heavy atom. The number of carboxylic acid groups (broad SMARTS) is 1. The van der Waals surface area contributed by atoms with Crippen molar-refractivity contribution in [2.45, 2.75) is 40.2 Å². The van der Waals surface area contributed by atoms with E-state index in [4.69, 9.17) is 5.11 Å². The van der Waals surface area contributed by atoms with Gasteiger partial charge in [-0.05, 0) is 26.7 Å². The van der Waals surface area contributed by atoms with E-state index in [0.717, 1.165) is 0 Å². The molecule has 7 nitrogen and oxygen atoms in total. The summed E-state index contributed by atoms with van der Waals surface area (Å²) in [7, 11) is 0. The number of hydrogen-bond donors (Lipinski definition) is 3. The van der Waals surface area contributed by atoms with E-state index >= 15 is 0 Å². The maximum Gasteiger partial charge on any atom is 0.323 e. The normalized spacial score (nSPS) is 11.1. The lowest BCUT2D eigenvalue weighted by Crippen LogP contribution is -2.50. The average molecular weight is 287 g/mol. The highest BCUT2D eigenvalue weighted by atomic mass is 16.4. The molecule has 0 saturated heterocycles. The summed E-state index contributed by atoms with van der Waals surface area (Å²) in [5.74, 6) is -1.26. The molecule has 0 aliphatic rings. The van der Waals surface area contributed by atoms with Crippen LogP contribution >= 0.6 is 0 Å². The maximum absolute atomic E-state index is 11.9. The molecule has 0 radical (unpaired) electrons. The largest absolute Gasteiger partial charge is 0.480 e. The third-order valence-corrected chi connectivity index (χ3v) is 2.11. The Balaban J connectivity index is 4.38. The highest BCUT2D eigenvalue weighted by molar-refractivity contribution is 5.85. The minimum Gasteiger partial charge on any atom is -0.480 e. The number of urea groups is 1. The third kappa shape index (κ3) is 9.18. The topological polar surface area (TPSA) is 98.7 Å². The molecule has 0 spiro atoms. The van der Waals surface area contributed by atoms with Crippen molar-refractivity contribution in [3.63, 3.8) is 0 Å². The summed E-state index contributed by atoms with van der Waals surface area (Å²) in [6.07, 6.45) is 0. The molecule has 0 bridgehead atoms. The van der Waals surface area contributed by atoms with Crippen molar-refractivity contribution < 1.29 is 19.5 Å². The zero-order valence-corrected chi connectivity index (χ0v) is 12.8. The van der Waals surface area contributed by atoms with Crippen LogP contribution in [0.3, 0.4) is 0 Å². The molecule has 0 atom stereocenters. The van der Waals surface area contributed by atoms with E-state index < -0.39 is 12.0 Å². The predicted molar refractivity (Wildman–Crippen MR) is 75.3 cm³/mol. The molecule has 0 rings (SSSR count). The second kappa shape index (κ2) is 7.72. The predicted octanol–water partition coefficient (Wildman–Crippen LogP) is 0.653. The van der Waals surface area contributed by atoms with Crippen molar-refractivity contribution in [1.29, 1.82) is 0 Å². The molecule has 7 heteroatoms. The van der Waals surface area contributed by atoms with Gasteiger partial charge in [-0.3, -0.25) is 9.59 Å². The molecule has 116 valence electrons. The first-order valence-electron chi connectivity index (χ1n) is 6.57. The van der Waals surface area contributed by atoms with E-state index in [-0.39, 0.29) is 30.5 Å². The molecule has 0 aromatic heterocycles. The van der Waals surface area contributed by atoms with Crippen LogP contribution in [0.5, 0.6) is 0 Å². The number of nitrogens with zero attached hydrogens (tertiary/aromatic N) is 1. The number of amides is 3. The molecular weight excluding hydrogens is 262 g/mol. The van der Waals surface area contributed by atoms with Gasteiger partial charge in [0.1, 0.15) is 6.54 Å². The van der Waals surface area contributed by atoms with Crippen LogP contribution in [0.25, 0.3) is 0 Å². The van der Waals surface area contributed by atoms with Gasteiger partial charge in [-0.1, -0.05) is 13.8 Å². The highest BCUT2D eigenvalue weighted by Gasteiger charge is 2.19. The Kier molecular flexibility index (Phi) is 7.02. The Morgan fingerprint density at radius 1 is 1.20 bits per heavy atom. The number of hydrogen-bond acceptors (Lipinski definition) is 3. The summed E-state index contributed by atoms with van der Waals surface area (Å²) in [5.41, 5.74) is -0.375. The van der Waals surface area contributed by atoms with Crippen molar-refractivity contribution >= 4 is 17.9 Å². The number of carboxylic acids is 1. The summed E-state index contributed by atoms with van der Waals surface area (Å²) in [4.78, 5) is 35.3. The van der Waals surface area contributed by atoms with E-state index in [1.165, 1.54) is 4.90 Å². The van der Waals surface area contributed by atoms with E-state index in [2.05, 4.69) is 10.6 Å². The van der Waals surface area contributed by atoms with Crippen LogP contribution in [-0.4, -0.2) is 53.1 Å².